The first kappa shape index (κ1) is 23.9. The molecule has 2 aromatic carbocycles. The van der Waals surface area contributed by atoms with Crippen molar-refractivity contribution in [2.75, 3.05) is 23.5 Å². The highest BCUT2D eigenvalue weighted by molar-refractivity contribution is 7.88. The minimum Gasteiger partial charge on any atom is -0.480 e. The Bertz CT molecular complexity index is 1230. The summed E-state index contributed by atoms with van der Waals surface area (Å²) in [7, 11) is -2.00. The van der Waals surface area contributed by atoms with Crippen LogP contribution in [0.2, 0.25) is 0 Å². The standard InChI is InChI=1S/C23H24N4O5S/c1-27(23(30)25-21-8-3-4-13-24-21)19-7-5-6-18(15-19)17-11-9-16(10-12-17)14-20(22(28)29)26-33(2,31)32/h3-13,15,20,26H,14H2,1-2H3,(H,28,29)(H,24,25,30)/t20-/m0/s1. The molecule has 0 aliphatic carbocycles. The zero-order chi connectivity index (χ0) is 24.0. The molecule has 0 aliphatic heterocycles. The van der Waals surface area contributed by atoms with Crippen LogP contribution in [0, 0.1) is 0 Å². The highest BCUT2D eigenvalue weighted by Crippen LogP contribution is 2.25. The van der Waals surface area contributed by atoms with E-state index in [1.54, 1.807) is 43.6 Å². The highest BCUT2D eigenvalue weighted by Gasteiger charge is 2.21. The van der Waals surface area contributed by atoms with Crippen molar-refractivity contribution in [3.8, 4) is 11.1 Å². The van der Waals surface area contributed by atoms with Gasteiger partial charge in [-0.05, 0) is 47.4 Å². The first-order valence-corrected chi connectivity index (χ1v) is 11.9. The zero-order valence-corrected chi connectivity index (χ0v) is 18.9. The van der Waals surface area contributed by atoms with Crippen LogP contribution in [0.1, 0.15) is 5.56 Å². The van der Waals surface area contributed by atoms with E-state index >= 15 is 0 Å². The highest BCUT2D eigenvalue weighted by atomic mass is 32.2. The van der Waals surface area contributed by atoms with E-state index in [2.05, 4.69) is 15.0 Å². The summed E-state index contributed by atoms with van der Waals surface area (Å²) in [6, 6.07) is 18.2. The predicted molar refractivity (Wildman–Crippen MR) is 127 cm³/mol. The third-order valence-corrected chi connectivity index (χ3v) is 5.53. The lowest BCUT2D eigenvalue weighted by Gasteiger charge is -2.19. The van der Waals surface area contributed by atoms with Crippen molar-refractivity contribution in [2.24, 2.45) is 0 Å². The maximum absolute atomic E-state index is 12.5. The van der Waals surface area contributed by atoms with Crippen LogP contribution in [0.4, 0.5) is 16.3 Å². The molecule has 0 spiro atoms. The van der Waals surface area contributed by atoms with Gasteiger partial charge >= 0.3 is 12.0 Å². The molecule has 2 amide bonds. The van der Waals surface area contributed by atoms with E-state index in [4.69, 9.17) is 0 Å². The summed E-state index contributed by atoms with van der Waals surface area (Å²) in [6.07, 6.45) is 2.53. The Hall–Kier alpha value is -3.76. The molecule has 0 aliphatic rings. The number of carboxylic acid groups (broad SMARTS) is 1. The summed E-state index contributed by atoms with van der Waals surface area (Å²) in [5.74, 6) is -0.796. The average Bonchev–Trinajstić information content (AvgIpc) is 2.78. The molecule has 0 saturated heterocycles. The SMILES string of the molecule is CN(C(=O)Nc1ccccn1)c1cccc(-c2ccc(C[C@H](NS(C)(=O)=O)C(=O)O)cc2)c1. The van der Waals surface area contributed by atoms with Gasteiger partial charge in [0.2, 0.25) is 10.0 Å². The number of benzene rings is 2. The Morgan fingerprint density at radius 3 is 2.36 bits per heavy atom. The molecule has 33 heavy (non-hydrogen) atoms. The van der Waals surface area contributed by atoms with Gasteiger partial charge in [0, 0.05) is 18.9 Å². The summed E-state index contributed by atoms with van der Waals surface area (Å²) in [4.78, 5) is 29.5. The van der Waals surface area contributed by atoms with Crippen LogP contribution >= 0.6 is 0 Å². The van der Waals surface area contributed by atoms with Crippen molar-refractivity contribution < 1.29 is 23.1 Å². The van der Waals surface area contributed by atoms with Gasteiger partial charge < -0.3 is 5.11 Å². The molecule has 1 aromatic heterocycles. The normalized spacial score (nSPS) is 12.1. The maximum Gasteiger partial charge on any atom is 0.327 e. The summed E-state index contributed by atoms with van der Waals surface area (Å²) < 4.78 is 24.9. The zero-order valence-electron chi connectivity index (χ0n) is 18.1. The van der Waals surface area contributed by atoms with Gasteiger partial charge in [0.05, 0.1) is 6.26 Å². The maximum atomic E-state index is 12.5. The number of carbonyl (C=O) groups is 2. The third kappa shape index (κ3) is 6.86. The fourth-order valence-electron chi connectivity index (χ4n) is 3.15. The molecule has 1 atom stereocenters. The van der Waals surface area contributed by atoms with E-state index < -0.39 is 22.0 Å². The van der Waals surface area contributed by atoms with E-state index in [0.717, 1.165) is 17.4 Å². The number of nitrogens with zero attached hydrogens (tertiary/aromatic N) is 2. The molecule has 10 heteroatoms. The van der Waals surface area contributed by atoms with Crippen molar-refractivity contribution in [2.45, 2.75) is 12.5 Å². The molecular formula is C23H24N4O5S. The third-order valence-electron chi connectivity index (χ3n) is 4.82. The van der Waals surface area contributed by atoms with Crippen LogP contribution < -0.4 is 14.9 Å². The second kappa shape index (κ2) is 10.2. The Balaban J connectivity index is 1.73. The number of pyridine rings is 1. The van der Waals surface area contributed by atoms with Crippen LogP contribution in [0.5, 0.6) is 0 Å². The van der Waals surface area contributed by atoms with Gasteiger partial charge in [-0.1, -0.05) is 42.5 Å². The number of urea groups is 1. The topological polar surface area (TPSA) is 129 Å². The van der Waals surface area contributed by atoms with Crippen molar-refractivity contribution in [3.05, 3.63) is 78.5 Å². The molecule has 0 unspecified atom stereocenters. The largest absolute Gasteiger partial charge is 0.480 e. The van der Waals surface area contributed by atoms with E-state index in [-0.39, 0.29) is 12.5 Å². The van der Waals surface area contributed by atoms with E-state index in [0.29, 0.717) is 17.1 Å². The molecule has 0 radical (unpaired) electrons. The molecular weight excluding hydrogens is 444 g/mol. The second-order valence-electron chi connectivity index (χ2n) is 7.44. The molecule has 0 bridgehead atoms. The van der Waals surface area contributed by atoms with Crippen LogP contribution in [0.25, 0.3) is 11.1 Å². The number of sulfonamides is 1. The lowest BCUT2D eigenvalue weighted by molar-refractivity contribution is -0.138. The smallest absolute Gasteiger partial charge is 0.327 e. The number of carboxylic acids is 1. The Labute approximate surface area is 192 Å². The number of anilines is 2. The molecule has 3 rings (SSSR count). The van der Waals surface area contributed by atoms with Crippen LogP contribution in [-0.2, 0) is 21.2 Å². The van der Waals surface area contributed by atoms with E-state index in [1.807, 2.05) is 36.4 Å². The first-order chi connectivity index (χ1) is 15.6. The number of aliphatic carboxylic acids is 1. The second-order valence-corrected chi connectivity index (χ2v) is 9.22. The van der Waals surface area contributed by atoms with E-state index in [9.17, 15) is 23.1 Å². The number of rotatable bonds is 8. The average molecular weight is 469 g/mol. The lowest BCUT2D eigenvalue weighted by Crippen LogP contribution is -2.41. The van der Waals surface area contributed by atoms with Gasteiger partial charge in [-0.3, -0.25) is 15.0 Å². The van der Waals surface area contributed by atoms with Crippen molar-refractivity contribution in [1.82, 2.24) is 9.71 Å². The van der Waals surface area contributed by atoms with Crippen LogP contribution in [0.3, 0.4) is 0 Å². The van der Waals surface area contributed by atoms with Crippen molar-refractivity contribution in [1.29, 1.82) is 0 Å². The molecule has 0 fully saturated rings. The fraction of sp³-hybridized carbons (Fsp3) is 0.174. The first-order valence-electron chi connectivity index (χ1n) is 9.97. The monoisotopic (exact) mass is 468 g/mol. The van der Waals surface area contributed by atoms with Crippen molar-refractivity contribution >= 4 is 33.5 Å². The van der Waals surface area contributed by atoms with Crippen LogP contribution in [0.15, 0.2) is 72.9 Å². The number of hydrogen-bond donors (Lipinski definition) is 3. The van der Waals surface area contributed by atoms with Gasteiger partial charge in [-0.2, -0.15) is 0 Å². The van der Waals surface area contributed by atoms with Gasteiger partial charge in [0.1, 0.15) is 11.9 Å². The molecule has 172 valence electrons. The number of aromatic nitrogens is 1. The molecule has 0 saturated carbocycles. The fourth-order valence-corrected chi connectivity index (χ4v) is 3.85. The van der Waals surface area contributed by atoms with Gasteiger partial charge in [-0.25, -0.2) is 22.9 Å². The molecule has 9 nitrogen and oxygen atoms in total. The molecule has 3 aromatic rings. The van der Waals surface area contributed by atoms with Gasteiger partial charge in [0.15, 0.2) is 0 Å². The van der Waals surface area contributed by atoms with Crippen LogP contribution in [-0.4, -0.2) is 49.9 Å². The van der Waals surface area contributed by atoms with Gasteiger partial charge in [0.25, 0.3) is 0 Å². The lowest BCUT2D eigenvalue weighted by atomic mass is 10.0. The van der Waals surface area contributed by atoms with Gasteiger partial charge in [-0.15, -0.1) is 0 Å². The number of hydrogen-bond acceptors (Lipinski definition) is 5. The number of nitrogens with one attached hydrogen (secondary N) is 2. The molecule has 3 N–H and O–H groups in total. The number of carbonyl (C=O) groups excluding carboxylic acids is 1. The summed E-state index contributed by atoms with van der Waals surface area (Å²) >= 11 is 0. The van der Waals surface area contributed by atoms with Crippen molar-refractivity contribution in [3.63, 3.8) is 0 Å². The Morgan fingerprint density at radius 1 is 1.03 bits per heavy atom. The Morgan fingerprint density at radius 2 is 1.76 bits per heavy atom. The predicted octanol–water partition coefficient (Wildman–Crippen LogP) is 2.96. The minimum atomic E-state index is -3.65. The summed E-state index contributed by atoms with van der Waals surface area (Å²) in [5.41, 5.74) is 3.07. The minimum absolute atomic E-state index is 0.0130. The summed E-state index contributed by atoms with van der Waals surface area (Å²) in [6.45, 7) is 0. The molecule has 1 heterocycles. The summed E-state index contributed by atoms with van der Waals surface area (Å²) in [5, 5.41) is 12.0. The number of amides is 2. The van der Waals surface area contributed by atoms with E-state index in [1.165, 1.54) is 4.90 Å². The Kier molecular flexibility index (Phi) is 7.41. The quantitative estimate of drug-likeness (QED) is 0.466.